The first-order valence-electron chi connectivity index (χ1n) is 8.19. The Morgan fingerprint density at radius 1 is 1.21 bits per heavy atom. The first kappa shape index (κ1) is 19.8. The minimum absolute atomic E-state index is 0.117. The summed E-state index contributed by atoms with van der Waals surface area (Å²) in [6, 6.07) is 0. The number of ketones is 2. The van der Waals surface area contributed by atoms with Crippen molar-refractivity contribution in [1.29, 1.82) is 0 Å². The minimum Gasteiger partial charge on any atom is -0.492 e. The monoisotopic (exact) mass is 394 g/mol. The molecule has 3 heterocycles. The molecule has 2 aromatic rings. The number of esters is 1. The summed E-state index contributed by atoms with van der Waals surface area (Å²) in [5, 5.41) is 30.3. The number of hydrogen-bond acceptors (Lipinski definition) is 11. The largest absolute Gasteiger partial charge is 0.492 e. The van der Waals surface area contributed by atoms with E-state index in [0.29, 0.717) is 0 Å². The number of nitrogens with zero attached hydrogens (tertiary/aromatic N) is 4. The highest BCUT2D eigenvalue weighted by atomic mass is 16.6. The van der Waals surface area contributed by atoms with Gasteiger partial charge in [-0.15, -0.1) is 0 Å². The van der Waals surface area contributed by atoms with Crippen LogP contribution in [0.25, 0.3) is 11.2 Å². The molecule has 4 atom stereocenters. The van der Waals surface area contributed by atoms with Crippen LogP contribution in [0.2, 0.25) is 0 Å². The molecular weight excluding hydrogens is 376 g/mol. The van der Waals surface area contributed by atoms with Gasteiger partial charge in [-0.2, -0.15) is 4.98 Å². The SMILES string of the molecule is CC(=O)O[C@]1(C(C)=O)[C@H](O)[C@@H](CO)O[C@@]1(C(C)=O)n1cnc2c(O)ncnc21. The molecule has 150 valence electrons. The van der Waals surface area contributed by atoms with Crippen molar-refractivity contribution >= 4 is 28.7 Å². The van der Waals surface area contributed by atoms with Crippen molar-refractivity contribution in [1.82, 2.24) is 19.5 Å². The van der Waals surface area contributed by atoms with Crippen molar-refractivity contribution in [2.45, 2.75) is 44.3 Å². The lowest BCUT2D eigenvalue weighted by atomic mass is 9.79. The predicted octanol–water partition coefficient (Wildman–Crippen LogP) is -1.58. The van der Waals surface area contributed by atoms with Crippen LogP contribution in [0.15, 0.2) is 12.7 Å². The molecule has 0 aliphatic carbocycles. The number of fused-ring (bicyclic) bond motifs is 1. The van der Waals surface area contributed by atoms with Gasteiger partial charge in [-0.1, -0.05) is 0 Å². The third-order valence-corrected chi connectivity index (χ3v) is 4.73. The molecule has 1 fully saturated rings. The maximum absolute atomic E-state index is 12.9. The fourth-order valence-electron chi connectivity index (χ4n) is 3.65. The van der Waals surface area contributed by atoms with Crippen LogP contribution in [0.3, 0.4) is 0 Å². The Morgan fingerprint density at radius 2 is 1.89 bits per heavy atom. The number of rotatable bonds is 5. The highest BCUT2D eigenvalue weighted by molar-refractivity contribution is 5.99. The van der Waals surface area contributed by atoms with Crippen molar-refractivity contribution in [2.75, 3.05) is 6.61 Å². The van der Waals surface area contributed by atoms with E-state index in [2.05, 4.69) is 15.0 Å². The number of Topliss-reactive ketones (excluding diaryl/α,β-unsaturated/α-hetero) is 2. The molecule has 0 amide bonds. The van der Waals surface area contributed by atoms with E-state index < -0.39 is 53.6 Å². The quantitative estimate of drug-likeness (QED) is 0.499. The van der Waals surface area contributed by atoms with Crippen LogP contribution >= 0.6 is 0 Å². The molecule has 0 bridgehead atoms. The molecule has 1 aliphatic heterocycles. The zero-order valence-electron chi connectivity index (χ0n) is 15.2. The molecule has 1 aliphatic rings. The number of ether oxygens (including phenoxy) is 2. The fourth-order valence-corrected chi connectivity index (χ4v) is 3.65. The summed E-state index contributed by atoms with van der Waals surface area (Å²) in [5.41, 5.74) is -5.21. The second-order valence-electron chi connectivity index (χ2n) is 6.35. The lowest BCUT2D eigenvalue weighted by Gasteiger charge is -2.41. The molecule has 0 saturated carbocycles. The lowest BCUT2D eigenvalue weighted by molar-refractivity contribution is -0.213. The summed E-state index contributed by atoms with van der Waals surface area (Å²) in [4.78, 5) is 48.9. The average molecular weight is 394 g/mol. The fraction of sp³-hybridized carbons (Fsp3) is 0.500. The number of carbonyl (C=O) groups excluding carboxylic acids is 3. The molecular formula is C16H18N4O8. The van der Waals surface area contributed by atoms with Gasteiger partial charge in [-0.25, -0.2) is 9.97 Å². The van der Waals surface area contributed by atoms with Crippen LogP contribution in [0.1, 0.15) is 20.8 Å². The molecule has 1 saturated heterocycles. The zero-order valence-corrected chi connectivity index (χ0v) is 15.2. The first-order chi connectivity index (χ1) is 13.1. The van der Waals surface area contributed by atoms with Gasteiger partial charge in [-0.05, 0) is 13.8 Å². The molecule has 12 nitrogen and oxygen atoms in total. The number of hydrogen-bond donors (Lipinski definition) is 3. The van der Waals surface area contributed by atoms with Crippen LogP contribution in [-0.2, 0) is 29.6 Å². The number of aliphatic hydroxyl groups is 2. The summed E-state index contributed by atoms with van der Waals surface area (Å²) in [6.07, 6.45) is -1.30. The Morgan fingerprint density at radius 3 is 2.43 bits per heavy atom. The van der Waals surface area contributed by atoms with E-state index in [1.165, 1.54) is 0 Å². The molecule has 28 heavy (non-hydrogen) atoms. The van der Waals surface area contributed by atoms with E-state index in [-0.39, 0.29) is 11.2 Å². The Bertz CT molecular complexity index is 975. The van der Waals surface area contributed by atoms with E-state index in [4.69, 9.17) is 9.47 Å². The molecule has 2 aromatic heterocycles. The van der Waals surface area contributed by atoms with Crippen molar-refractivity contribution in [3.63, 3.8) is 0 Å². The van der Waals surface area contributed by atoms with E-state index in [0.717, 1.165) is 38.0 Å². The van der Waals surface area contributed by atoms with Crippen LogP contribution in [-0.4, -0.2) is 76.8 Å². The lowest BCUT2D eigenvalue weighted by Crippen LogP contribution is -2.66. The van der Waals surface area contributed by atoms with Gasteiger partial charge in [0.25, 0.3) is 11.3 Å². The third kappa shape index (κ3) is 2.35. The Labute approximate surface area is 157 Å². The molecule has 0 radical (unpaired) electrons. The first-order valence-corrected chi connectivity index (χ1v) is 8.19. The number of aromatic nitrogens is 4. The molecule has 0 unspecified atom stereocenters. The van der Waals surface area contributed by atoms with Crippen LogP contribution in [0.5, 0.6) is 5.88 Å². The average Bonchev–Trinajstić information content (AvgIpc) is 3.15. The summed E-state index contributed by atoms with van der Waals surface area (Å²) in [6.45, 7) is 2.28. The van der Waals surface area contributed by atoms with E-state index in [9.17, 15) is 29.7 Å². The van der Waals surface area contributed by atoms with Crippen molar-refractivity contribution < 1.29 is 39.2 Å². The van der Waals surface area contributed by atoms with Crippen LogP contribution in [0.4, 0.5) is 0 Å². The maximum Gasteiger partial charge on any atom is 0.303 e. The molecule has 0 spiro atoms. The molecule has 12 heteroatoms. The van der Waals surface area contributed by atoms with E-state index in [1.807, 2.05) is 0 Å². The van der Waals surface area contributed by atoms with Gasteiger partial charge in [0.2, 0.25) is 5.88 Å². The number of aliphatic hydroxyl groups excluding tert-OH is 2. The van der Waals surface area contributed by atoms with Crippen LogP contribution in [0, 0.1) is 0 Å². The molecule has 3 rings (SSSR count). The number of imidazole rings is 1. The van der Waals surface area contributed by atoms with Gasteiger partial charge in [0, 0.05) is 6.92 Å². The maximum atomic E-state index is 12.9. The predicted molar refractivity (Wildman–Crippen MR) is 88.8 cm³/mol. The zero-order chi connectivity index (χ0) is 20.9. The number of aromatic hydroxyl groups is 1. The van der Waals surface area contributed by atoms with E-state index >= 15 is 0 Å². The third-order valence-electron chi connectivity index (χ3n) is 4.73. The van der Waals surface area contributed by atoms with Gasteiger partial charge in [0.05, 0.1) is 6.61 Å². The highest BCUT2D eigenvalue weighted by Gasteiger charge is 2.75. The second-order valence-corrected chi connectivity index (χ2v) is 6.35. The van der Waals surface area contributed by atoms with Gasteiger partial charge in [0.15, 0.2) is 22.7 Å². The van der Waals surface area contributed by atoms with Gasteiger partial charge in [-0.3, -0.25) is 19.0 Å². The van der Waals surface area contributed by atoms with Crippen molar-refractivity contribution in [3.05, 3.63) is 12.7 Å². The van der Waals surface area contributed by atoms with Crippen molar-refractivity contribution in [2.24, 2.45) is 0 Å². The van der Waals surface area contributed by atoms with Gasteiger partial charge < -0.3 is 24.8 Å². The highest BCUT2D eigenvalue weighted by Crippen LogP contribution is 2.49. The van der Waals surface area contributed by atoms with Crippen LogP contribution < -0.4 is 0 Å². The Balaban J connectivity index is 2.44. The van der Waals surface area contributed by atoms with Crippen molar-refractivity contribution in [3.8, 4) is 5.88 Å². The van der Waals surface area contributed by atoms with E-state index in [1.54, 1.807) is 0 Å². The molecule has 3 N–H and O–H groups in total. The Hall–Kier alpha value is -2.96. The standard InChI is InChI=1S/C16H18N4O8/c1-7(22)15(27-9(3)24)12(25)10(4-21)28-16(15,8(2)23)20-6-19-11-13(20)17-5-18-14(11)26/h5-6,10,12,21,25H,4H2,1-3H3,(H,17,18,26)/t10-,12-,15-,16-/m1/s1. The van der Waals surface area contributed by atoms with Gasteiger partial charge in [0.1, 0.15) is 24.9 Å². The molecule has 0 aromatic carbocycles. The smallest absolute Gasteiger partial charge is 0.303 e. The number of carbonyl (C=O) groups is 3. The summed E-state index contributed by atoms with van der Waals surface area (Å²) in [5.74, 6) is -3.21. The normalized spacial score (nSPS) is 29.8. The Kier molecular flexibility index (Phi) is 4.65. The topological polar surface area (TPSA) is 174 Å². The summed E-state index contributed by atoms with van der Waals surface area (Å²) < 4.78 is 11.9. The second kappa shape index (κ2) is 6.58. The summed E-state index contributed by atoms with van der Waals surface area (Å²) in [7, 11) is 0. The summed E-state index contributed by atoms with van der Waals surface area (Å²) >= 11 is 0. The minimum atomic E-state index is -2.54. The van der Waals surface area contributed by atoms with Gasteiger partial charge >= 0.3 is 5.97 Å².